The third-order valence-electron chi connectivity index (χ3n) is 0.906. The number of rotatable bonds is 4. The fraction of sp³-hybridized carbons (Fsp3) is 0.500. The van der Waals surface area contributed by atoms with Crippen LogP contribution in [0.25, 0.3) is 0 Å². The van der Waals surface area contributed by atoms with Gasteiger partial charge in [0.2, 0.25) is 0 Å². The molecule has 78 valence electrons. The number of aliphatic carboxylic acids is 1. The molecule has 0 rings (SSSR count). The predicted molar refractivity (Wildman–Crippen MR) is 39.5 cm³/mol. The number of phosphoric acid groups is 1. The van der Waals surface area contributed by atoms with Crippen molar-refractivity contribution >= 4 is 19.8 Å². The van der Waals surface area contributed by atoms with Crippen molar-refractivity contribution in [2.45, 2.75) is 12.5 Å². The van der Waals surface area contributed by atoms with Crippen LogP contribution in [0.1, 0.15) is 7.85 Å². The van der Waals surface area contributed by atoms with Crippen molar-refractivity contribution in [3.05, 3.63) is 0 Å². The summed E-state index contributed by atoms with van der Waals surface area (Å²) in [6, 6.07) is -1.58. The van der Waals surface area contributed by atoms with Crippen LogP contribution < -0.4 is 35.3 Å². The van der Waals surface area contributed by atoms with Gasteiger partial charge in [0, 0.05) is 0 Å². The summed E-state index contributed by atoms with van der Waals surface area (Å²) >= 11 is 0. The molecule has 0 aromatic heterocycles. The maximum atomic E-state index is 10.6. The van der Waals surface area contributed by atoms with Gasteiger partial charge in [0.1, 0.15) is 6.04 Å². The predicted octanol–water partition coefficient (Wildman–Crippen LogP) is -4.46. The summed E-state index contributed by atoms with van der Waals surface area (Å²) in [4.78, 5) is 36.9. The first kappa shape index (κ1) is 16.5. The molecule has 0 unspecified atom stereocenters. The minimum absolute atomic E-state index is 0. The van der Waals surface area contributed by atoms with Crippen LogP contribution in [0.2, 0.25) is 0 Å². The number of hydrogen-bond donors (Lipinski definition) is 4. The summed E-state index contributed by atoms with van der Waals surface area (Å²) in [5.41, 5.74) is 4.93. The van der Waals surface area contributed by atoms with Crippen LogP contribution in [0.4, 0.5) is 0 Å². The molecule has 0 spiro atoms. The Balaban J connectivity index is -0.000000720. The van der Waals surface area contributed by atoms with E-state index in [1.165, 1.54) is 0 Å². The second-order valence-electron chi connectivity index (χ2n) is 2.11. The first-order valence-corrected chi connectivity index (χ1v) is 4.52. The molecule has 0 aliphatic carbocycles. The molecule has 0 radical (unpaired) electrons. The van der Waals surface area contributed by atoms with Crippen molar-refractivity contribution in [3.8, 4) is 0 Å². The van der Waals surface area contributed by atoms with Gasteiger partial charge in [-0.2, -0.15) is 0 Å². The van der Waals surface area contributed by atoms with Crippen molar-refractivity contribution in [3.63, 3.8) is 0 Å². The Morgan fingerprint density at radius 2 is 1.93 bits per heavy atom. The van der Waals surface area contributed by atoms with E-state index in [0.29, 0.717) is 0 Å². The molecule has 0 saturated carbocycles. The van der Waals surface area contributed by atoms with Gasteiger partial charge in [-0.15, -0.1) is 0 Å². The van der Waals surface area contributed by atoms with E-state index in [9.17, 15) is 14.2 Å². The number of carbonyl (C=O) groups is 2. The first-order chi connectivity index (χ1) is 5.72. The van der Waals surface area contributed by atoms with Gasteiger partial charge in [0.05, 0.1) is 6.42 Å². The summed E-state index contributed by atoms with van der Waals surface area (Å²) in [5.74, 6) is -2.81. The van der Waals surface area contributed by atoms with E-state index in [1.54, 1.807) is 0 Å². The van der Waals surface area contributed by atoms with Gasteiger partial charge in [-0.25, -0.2) is 9.36 Å². The first-order valence-electron chi connectivity index (χ1n) is 2.98. The van der Waals surface area contributed by atoms with Crippen LogP contribution >= 0.6 is 7.82 Å². The van der Waals surface area contributed by atoms with E-state index in [0.717, 1.165) is 0 Å². The standard InChI is InChI=1S/C4H8NO7P.Na.H/c5-2(1-3(6)7)4(8)12-13(9,10)11;;/h2H,1,5H2,(H,6,7)(H2,9,10,11);;/q;+1;-1/t2-;;/m0../s1. The third kappa shape index (κ3) is 8.64. The van der Waals surface area contributed by atoms with Gasteiger partial charge in [-0.1, -0.05) is 0 Å². The summed E-state index contributed by atoms with van der Waals surface area (Å²) in [6.07, 6.45) is -0.751. The third-order valence-corrected chi connectivity index (χ3v) is 1.32. The molecule has 0 aromatic carbocycles. The second-order valence-corrected chi connectivity index (χ2v) is 3.27. The SMILES string of the molecule is N[C@@H](CC(=O)O)C(=O)OP(=O)(O)O.[H-].[Na+]. The van der Waals surface area contributed by atoms with E-state index in [4.69, 9.17) is 20.6 Å². The fourth-order valence-electron chi connectivity index (χ4n) is 0.456. The molecule has 0 amide bonds. The van der Waals surface area contributed by atoms with Crippen LogP contribution in [0.15, 0.2) is 0 Å². The fourth-order valence-corrected chi connectivity index (χ4v) is 0.826. The average molecular weight is 237 g/mol. The Labute approximate surface area is 102 Å². The maximum absolute atomic E-state index is 10.6. The number of phosphoric ester groups is 1. The monoisotopic (exact) mass is 237 g/mol. The van der Waals surface area contributed by atoms with Crippen molar-refractivity contribution in [1.82, 2.24) is 0 Å². The molecule has 10 heteroatoms. The zero-order valence-corrected chi connectivity index (χ0v) is 10.2. The van der Waals surface area contributed by atoms with Gasteiger partial charge in [0.25, 0.3) is 0 Å². The van der Waals surface area contributed by atoms with Crippen LogP contribution in [0, 0.1) is 0 Å². The van der Waals surface area contributed by atoms with E-state index in [1.807, 2.05) is 0 Å². The molecule has 0 aliphatic rings. The number of hydrogen-bond acceptors (Lipinski definition) is 5. The summed E-state index contributed by atoms with van der Waals surface area (Å²) in [5, 5.41) is 8.15. The van der Waals surface area contributed by atoms with E-state index >= 15 is 0 Å². The molecule has 5 N–H and O–H groups in total. The number of carboxylic acids is 1. The van der Waals surface area contributed by atoms with E-state index < -0.39 is 32.2 Å². The van der Waals surface area contributed by atoms with E-state index in [-0.39, 0.29) is 31.0 Å². The Hall–Kier alpha value is 0.0500. The second kappa shape index (κ2) is 6.52. The largest absolute Gasteiger partial charge is 1.00 e. The maximum Gasteiger partial charge on any atom is 1.00 e. The molecule has 14 heavy (non-hydrogen) atoms. The molecule has 0 heterocycles. The van der Waals surface area contributed by atoms with Crippen LogP contribution in [0.5, 0.6) is 0 Å². The molecule has 0 saturated heterocycles. The summed E-state index contributed by atoms with van der Waals surface area (Å²) < 4.78 is 13.6. The van der Waals surface area contributed by atoms with Gasteiger partial charge < -0.3 is 16.8 Å². The normalized spacial score (nSPS) is 12.5. The van der Waals surface area contributed by atoms with Gasteiger partial charge >= 0.3 is 49.3 Å². The van der Waals surface area contributed by atoms with Crippen LogP contribution in [0.3, 0.4) is 0 Å². The Morgan fingerprint density at radius 1 is 1.50 bits per heavy atom. The number of nitrogens with two attached hydrogens (primary N) is 1. The molecule has 8 nitrogen and oxygen atoms in total. The smallest absolute Gasteiger partial charge is 1.00 e. The Bertz CT molecular complexity index is 268. The Morgan fingerprint density at radius 3 is 2.21 bits per heavy atom. The molecule has 0 bridgehead atoms. The molecule has 1 atom stereocenters. The quantitative estimate of drug-likeness (QED) is 0.282. The Kier molecular flexibility index (Phi) is 7.67. The van der Waals surface area contributed by atoms with Gasteiger partial charge in [0.15, 0.2) is 0 Å². The molecule has 0 aliphatic heterocycles. The van der Waals surface area contributed by atoms with Crippen molar-refractivity contribution in [2.75, 3.05) is 0 Å². The van der Waals surface area contributed by atoms with Crippen molar-refractivity contribution in [2.24, 2.45) is 5.73 Å². The minimum atomic E-state index is -4.94. The zero-order chi connectivity index (χ0) is 10.6. The zero-order valence-electron chi connectivity index (χ0n) is 8.28. The van der Waals surface area contributed by atoms with Crippen LogP contribution in [-0.2, 0) is 18.7 Å². The van der Waals surface area contributed by atoms with Crippen molar-refractivity contribution < 1.29 is 64.6 Å². The summed E-state index contributed by atoms with van der Waals surface area (Å²) in [6.45, 7) is 0. The molecule has 0 aromatic rings. The van der Waals surface area contributed by atoms with E-state index in [2.05, 4.69) is 4.52 Å². The number of carboxylic acid groups (broad SMARTS) is 1. The van der Waals surface area contributed by atoms with Crippen LogP contribution in [-0.4, -0.2) is 32.9 Å². The summed E-state index contributed by atoms with van der Waals surface area (Å²) in [7, 11) is -4.94. The topological polar surface area (TPSA) is 147 Å². The minimum Gasteiger partial charge on any atom is -1.00 e. The van der Waals surface area contributed by atoms with Crippen molar-refractivity contribution in [1.29, 1.82) is 0 Å². The average Bonchev–Trinajstić information content (AvgIpc) is 1.81. The van der Waals surface area contributed by atoms with Gasteiger partial charge in [-0.05, 0) is 0 Å². The number of carbonyl (C=O) groups excluding carboxylic acids is 1. The molecular weight excluding hydrogens is 228 g/mol. The molecular formula is C4H9NNaO7P. The molecule has 0 fully saturated rings. The van der Waals surface area contributed by atoms with Gasteiger partial charge in [-0.3, -0.25) is 14.6 Å².